The standard InChI is InChI=1S/C18H21F4NO3/c19-12-1-2-14(15(20)9-12)18(25,11-4-7-23-8-5-11)16(24)26-13-3-6-17(21,22)10-13/h1-2,9,11,13,23,25H,3-8,10H2/t13-,18-/m1/s1. The third-order valence-electron chi connectivity index (χ3n) is 5.22. The van der Waals surface area contributed by atoms with Gasteiger partial charge in [0.1, 0.15) is 17.7 Å². The van der Waals surface area contributed by atoms with Crippen LogP contribution >= 0.6 is 0 Å². The summed E-state index contributed by atoms with van der Waals surface area (Å²) in [6, 6.07) is 2.54. The van der Waals surface area contributed by atoms with Gasteiger partial charge in [-0.3, -0.25) is 0 Å². The third kappa shape index (κ3) is 3.71. The lowest BCUT2D eigenvalue weighted by molar-refractivity contribution is -0.182. The number of carbonyl (C=O) groups is 1. The SMILES string of the molecule is O=C(O[C@@H]1CCC(F)(F)C1)[C@](O)(c1ccc(F)cc1F)C1CCNCC1. The molecule has 4 nitrogen and oxygen atoms in total. The lowest BCUT2D eigenvalue weighted by Gasteiger charge is -2.37. The zero-order chi connectivity index (χ0) is 18.9. The number of halogens is 4. The number of ether oxygens (including phenoxy) is 1. The first-order chi connectivity index (χ1) is 12.2. The molecular formula is C18H21F4NO3. The summed E-state index contributed by atoms with van der Waals surface area (Å²) in [5, 5.41) is 14.3. The van der Waals surface area contributed by atoms with Crippen molar-refractivity contribution >= 4 is 5.97 Å². The molecule has 1 aliphatic heterocycles. The second-order valence-corrected chi connectivity index (χ2v) is 7.04. The molecule has 26 heavy (non-hydrogen) atoms. The number of aliphatic hydroxyl groups is 1. The molecule has 0 unspecified atom stereocenters. The van der Waals surface area contributed by atoms with E-state index in [0.717, 1.165) is 12.1 Å². The largest absolute Gasteiger partial charge is 0.460 e. The number of benzene rings is 1. The van der Waals surface area contributed by atoms with E-state index in [-0.39, 0.29) is 12.0 Å². The van der Waals surface area contributed by atoms with Gasteiger partial charge in [-0.2, -0.15) is 0 Å². The Kier molecular flexibility index (Phi) is 5.25. The highest BCUT2D eigenvalue weighted by Gasteiger charge is 2.51. The van der Waals surface area contributed by atoms with Crippen LogP contribution in [0.2, 0.25) is 0 Å². The second-order valence-electron chi connectivity index (χ2n) is 7.04. The average molecular weight is 375 g/mol. The Bertz CT molecular complexity index is 678. The molecule has 8 heteroatoms. The minimum Gasteiger partial charge on any atom is -0.460 e. The van der Waals surface area contributed by atoms with E-state index >= 15 is 0 Å². The Balaban J connectivity index is 1.91. The maximum atomic E-state index is 14.4. The van der Waals surface area contributed by atoms with Crippen LogP contribution in [0.5, 0.6) is 0 Å². The van der Waals surface area contributed by atoms with Gasteiger partial charge in [-0.25, -0.2) is 22.4 Å². The van der Waals surface area contributed by atoms with Gasteiger partial charge in [-0.15, -0.1) is 0 Å². The summed E-state index contributed by atoms with van der Waals surface area (Å²) in [6.45, 7) is 1.01. The van der Waals surface area contributed by atoms with E-state index in [2.05, 4.69) is 5.32 Å². The summed E-state index contributed by atoms with van der Waals surface area (Å²) < 4.78 is 59.5. The van der Waals surface area contributed by atoms with Crippen LogP contribution in [0.1, 0.15) is 37.7 Å². The first-order valence-corrected chi connectivity index (χ1v) is 8.70. The van der Waals surface area contributed by atoms with Gasteiger partial charge in [0.25, 0.3) is 5.92 Å². The summed E-state index contributed by atoms with van der Waals surface area (Å²) in [6.07, 6.45) is -1.34. The molecule has 1 aliphatic carbocycles. The summed E-state index contributed by atoms with van der Waals surface area (Å²) in [5.74, 6) is -6.66. The van der Waals surface area contributed by atoms with E-state index < -0.39 is 54.0 Å². The zero-order valence-corrected chi connectivity index (χ0v) is 14.1. The van der Waals surface area contributed by atoms with Crippen molar-refractivity contribution in [1.29, 1.82) is 0 Å². The summed E-state index contributed by atoms with van der Waals surface area (Å²) >= 11 is 0. The number of carbonyl (C=O) groups excluding carboxylic acids is 1. The molecule has 3 rings (SSSR count). The van der Waals surface area contributed by atoms with E-state index in [1.54, 1.807) is 0 Å². The number of esters is 1. The van der Waals surface area contributed by atoms with Gasteiger partial charge in [0, 0.05) is 30.4 Å². The van der Waals surface area contributed by atoms with Crippen molar-refractivity contribution < 1.29 is 32.2 Å². The number of nitrogens with one attached hydrogen (secondary N) is 1. The predicted octanol–water partition coefficient (Wildman–Crippen LogP) is 2.88. The highest BCUT2D eigenvalue weighted by molar-refractivity contribution is 5.82. The van der Waals surface area contributed by atoms with E-state index in [0.29, 0.717) is 32.0 Å². The molecule has 144 valence electrons. The summed E-state index contributed by atoms with van der Waals surface area (Å²) in [7, 11) is 0. The van der Waals surface area contributed by atoms with Gasteiger partial charge in [-0.1, -0.05) is 0 Å². The molecule has 2 fully saturated rings. The molecule has 0 amide bonds. The van der Waals surface area contributed by atoms with Crippen LogP contribution in [0, 0.1) is 17.6 Å². The lowest BCUT2D eigenvalue weighted by atomic mass is 9.76. The molecule has 1 saturated heterocycles. The molecule has 1 heterocycles. The fraction of sp³-hybridized carbons (Fsp3) is 0.611. The van der Waals surface area contributed by atoms with E-state index in [4.69, 9.17) is 4.74 Å². The number of piperidine rings is 1. The van der Waals surface area contributed by atoms with Crippen LogP contribution in [-0.2, 0) is 15.1 Å². The molecule has 2 aliphatic rings. The first kappa shape index (κ1) is 19.1. The smallest absolute Gasteiger partial charge is 0.343 e. The monoisotopic (exact) mass is 375 g/mol. The number of hydrogen-bond donors (Lipinski definition) is 2. The minimum atomic E-state index is -2.92. The van der Waals surface area contributed by atoms with Crippen molar-refractivity contribution in [3.63, 3.8) is 0 Å². The van der Waals surface area contributed by atoms with Crippen molar-refractivity contribution in [3.05, 3.63) is 35.4 Å². The maximum absolute atomic E-state index is 14.4. The van der Waals surface area contributed by atoms with Gasteiger partial charge < -0.3 is 15.2 Å². The average Bonchev–Trinajstić information content (AvgIpc) is 2.93. The van der Waals surface area contributed by atoms with Crippen molar-refractivity contribution in [2.75, 3.05) is 13.1 Å². The molecule has 1 saturated carbocycles. The molecule has 2 atom stereocenters. The van der Waals surface area contributed by atoms with Gasteiger partial charge in [0.2, 0.25) is 0 Å². The van der Waals surface area contributed by atoms with Crippen molar-refractivity contribution in [2.24, 2.45) is 5.92 Å². The van der Waals surface area contributed by atoms with Crippen LogP contribution < -0.4 is 5.32 Å². The van der Waals surface area contributed by atoms with Gasteiger partial charge >= 0.3 is 5.97 Å². The molecule has 0 bridgehead atoms. The molecule has 2 N–H and O–H groups in total. The fourth-order valence-corrected chi connectivity index (χ4v) is 3.79. The summed E-state index contributed by atoms with van der Waals surface area (Å²) in [5.41, 5.74) is -2.74. The van der Waals surface area contributed by atoms with E-state index in [1.807, 2.05) is 0 Å². The highest BCUT2D eigenvalue weighted by atomic mass is 19.3. The molecule has 1 aromatic rings. The van der Waals surface area contributed by atoms with Crippen LogP contribution in [0.25, 0.3) is 0 Å². The van der Waals surface area contributed by atoms with Crippen LogP contribution in [0.15, 0.2) is 18.2 Å². The minimum absolute atomic E-state index is 0.0209. The normalized spacial score (nSPS) is 25.7. The molecule has 0 radical (unpaired) electrons. The third-order valence-corrected chi connectivity index (χ3v) is 5.22. The van der Waals surface area contributed by atoms with Gasteiger partial charge in [-0.05, 0) is 44.5 Å². The summed E-state index contributed by atoms with van der Waals surface area (Å²) in [4.78, 5) is 12.8. The maximum Gasteiger partial charge on any atom is 0.343 e. The van der Waals surface area contributed by atoms with Crippen LogP contribution in [0.3, 0.4) is 0 Å². The van der Waals surface area contributed by atoms with E-state index in [9.17, 15) is 27.5 Å². The van der Waals surface area contributed by atoms with Crippen LogP contribution in [-0.4, -0.2) is 36.2 Å². The van der Waals surface area contributed by atoms with Gasteiger partial charge in [0.05, 0.1) is 0 Å². The van der Waals surface area contributed by atoms with E-state index in [1.165, 1.54) is 0 Å². The predicted molar refractivity (Wildman–Crippen MR) is 84.5 cm³/mol. The molecule has 0 aromatic heterocycles. The lowest BCUT2D eigenvalue weighted by Crippen LogP contribution is -2.49. The zero-order valence-electron chi connectivity index (χ0n) is 14.1. The van der Waals surface area contributed by atoms with Crippen LogP contribution in [0.4, 0.5) is 17.6 Å². The molecule has 0 spiro atoms. The first-order valence-electron chi connectivity index (χ1n) is 8.70. The molecule has 1 aromatic carbocycles. The second kappa shape index (κ2) is 7.15. The number of hydrogen-bond acceptors (Lipinski definition) is 4. The fourth-order valence-electron chi connectivity index (χ4n) is 3.79. The quantitative estimate of drug-likeness (QED) is 0.628. The Morgan fingerprint density at radius 2 is 1.92 bits per heavy atom. The topological polar surface area (TPSA) is 58.6 Å². The van der Waals surface area contributed by atoms with Crippen molar-refractivity contribution in [2.45, 2.75) is 49.7 Å². The molecular weight excluding hydrogens is 354 g/mol. The highest BCUT2D eigenvalue weighted by Crippen LogP contribution is 2.41. The number of rotatable bonds is 4. The van der Waals surface area contributed by atoms with Crippen molar-refractivity contribution in [1.82, 2.24) is 5.32 Å². The van der Waals surface area contributed by atoms with Gasteiger partial charge in [0.15, 0.2) is 5.60 Å². The Hall–Kier alpha value is -1.67. The Labute approximate surface area is 148 Å². The Morgan fingerprint density at radius 1 is 1.23 bits per heavy atom. The number of alkyl halides is 2. The van der Waals surface area contributed by atoms with Crippen molar-refractivity contribution in [3.8, 4) is 0 Å². The Morgan fingerprint density at radius 3 is 2.50 bits per heavy atom.